The van der Waals surface area contributed by atoms with Gasteiger partial charge in [-0.3, -0.25) is 9.59 Å². The number of carbonyl (C=O) groups is 2. The van der Waals surface area contributed by atoms with Gasteiger partial charge in [0.1, 0.15) is 5.54 Å². The van der Waals surface area contributed by atoms with Crippen LogP contribution in [0.2, 0.25) is 0 Å². The van der Waals surface area contributed by atoms with E-state index in [2.05, 4.69) is 10.6 Å². The van der Waals surface area contributed by atoms with Gasteiger partial charge in [-0.2, -0.15) is 0 Å². The SMILES string of the molecule is O=C(CCNC1(C(=O)O)CCC1)NC1CC1. The van der Waals surface area contributed by atoms with Crippen LogP contribution in [0.1, 0.15) is 38.5 Å². The van der Waals surface area contributed by atoms with E-state index in [9.17, 15) is 9.59 Å². The molecule has 0 heterocycles. The minimum absolute atomic E-state index is 0.0230. The fraction of sp³-hybridized carbons (Fsp3) is 0.818. The molecule has 0 aromatic carbocycles. The number of hydrogen-bond acceptors (Lipinski definition) is 3. The van der Waals surface area contributed by atoms with E-state index in [1.165, 1.54) is 0 Å². The van der Waals surface area contributed by atoms with Crippen molar-refractivity contribution in [3.63, 3.8) is 0 Å². The first kappa shape index (κ1) is 11.4. The summed E-state index contributed by atoms with van der Waals surface area (Å²) in [6, 6.07) is 0.379. The number of carbonyl (C=O) groups excluding carboxylic acids is 1. The first-order valence-corrected chi connectivity index (χ1v) is 5.90. The summed E-state index contributed by atoms with van der Waals surface area (Å²) in [4.78, 5) is 22.4. The zero-order valence-electron chi connectivity index (χ0n) is 9.29. The molecule has 2 aliphatic carbocycles. The lowest BCUT2D eigenvalue weighted by Crippen LogP contribution is -2.57. The van der Waals surface area contributed by atoms with Crippen LogP contribution in [0.3, 0.4) is 0 Å². The van der Waals surface area contributed by atoms with Gasteiger partial charge in [0.2, 0.25) is 5.91 Å². The Morgan fingerprint density at radius 2 is 2.00 bits per heavy atom. The van der Waals surface area contributed by atoms with Crippen molar-refractivity contribution in [3.05, 3.63) is 0 Å². The van der Waals surface area contributed by atoms with Crippen LogP contribution < -0.4 is 10.6 Å². The molecule has 0 spiro atoms. The molecule has 0 bridgehead atoms. The van der Waals surface area contributed by atoms with Crippen molar-refractivity contribution in [2.75, 3.05) is 6.54 Å². The Balaban J connectivity index is 1.66. The molecule has 2 rings (SSSR count). The second-order valence-electron chi connectivity index (χ2n) is 4.76. The number of aliphatic carboxylic acids is 1. The van der Waals surface area contributed by atoms with Crippen LogP contribution in [0.25, 0.3) is 0 Å². The molecule has 16 heavy (non-hydrogen) atoms. The molecule has 0 aromatic heterocycles. The third kappa shape index (κ3) is 2.52. The van der Waals surface area contributed by atoms with Crippen LogP contribution >= 0.6 is 0 Å². The summed E-state index contributed by atoms with van der Waals surface area (Å²) in [5.41, 5.74) is -0.750. The average Bonchev–Trinajstić information content (AvgIpc) is 2.92. The zero-order valence-corrected chi connectivity index (χ0v) is 9.29. The van der Waals surface area contributed by atoms with Gasteiger partial charge >= 0.3 is 5.97 Å². The van der Waals surface area contributed by atoms with Crippen LogP contribution in [0.15, 0.2) is 0 Å². The van der Waals surface area contributed by atoms with Crippen molar-refractivity contribution in [2.45, 2.75) is 50.1 Å². The molecule has 0 aliphatic heterocycles. The molecule has 2 aliphatic rings. The number of carboxylic acid groups (broad SMARTS) is 1. The number of amides is 1. The van der Waals surface area contributed by atoms with Gasteiger partial charge in [-0.25, -0.2) is 0 Å². The molecule has 0 saturated heterocycles. The Labute approximate surface area is 94.6 Å². The zero-order chi connectivity index (χ0) is 11.6. The lowest BCUT2D eigenvalue weighted by molar-refractivity contribution is -0.149. The van der Waals surface area contributed by atoms with Crippen LogP contribution in [0.5, 0.6) is 0 Å². The first-order valence-electron chi connectivity index (χ1n) is 5.90. The standard InChI is InChI=1S/C11H18N2O3/c14-9(13-8-2-3-8)4-7-12-11(10(15)16)5-1-6-11/h8,12H,1-7H2,(H,13,14)(H,15,16). The maximum atomic E-state index is 11.4. The van der Waals surface area contributed by atoms with Crippen molar-refractivity contribution in [2.24, 2.45) is 0 Å². The van der Waals surface area contributed by atoms with Gasteiger partial charge in [-0.15, -0.1) is 0 Å². The fourth-order valence-corrected chi connectivity index (χ4v) is 1.94. The predicted molar refractivity (Wildman–Crippen MR) is 58.0 cm³/mol. The third-order valence-corrected chi connectivity index (χ3v) is 3.37. The Kier molecular flexibility index (Phi) is 3.14. The fourth-order valence-electron chi connectivity index (χ4n) is 1.94. The molecular formula is C11H18N2O3. The highest BCUT2D eigenvalue weighted by atomic mass is 16.4. The summed E-state index contributed by atoms with van der Waals surface area (Å²) >= 11 is 0. The third-order valence-electron chi connectivity index (χ3n) is 3.37. The summed E-state index contributed by atoms with van der Waals surface area (Å²) in [5.74, 6) is -0.767. The smallest absolute Gasteiger partial charge is 0.323 e. The summed E-state index contributed by atoms with van der Waals surface area (Å²) in [7, 11) is 0. The molecular weight excluding hydrogens is 208 g/mol. The second-order valence-corrected chi connectivity index (χ2v) is 4.76. The summed E-state index contributed by atoms with van der Waals surface area (Å²) in [6.45, 7) is 0.449. The highest BCUT2D eigenvalue weighted by molar-refractivity contribution is 5.80. The van der Waals surface area contributed by atoms with Gasteiger partial charge in [0.15, 0.2) is 0 Å². The van der Waals surface area contributed by atoms with Gasteiger partial charge in [0.25, 0.3) is 0 Å². The largest absolute Gasteiger partial charge is 0.480 e. The molecule has 3 N–H and O–H groups in total. The highest BCUT2D eigenvalue weighted by Crippen LogP contribution is 2.31. The van der Waals surface area contributed by atoms with Gasteiger partial charge in [-0.1, -0.05) is 0 Å². The van der Waals surface area contributed by atoms with Crippen molar-refractivity contribution in [1.29, 1.82) is 0 Å². The quantitative estimate of drug-likeness (QED) is 0.606. The maximum absolute atomic E-state index is 11.4. The molecule has 90 valence electrons. The van der Waals surface area contributed by atoms with Crippen LogP contribution in [0, 0.1) is 0 Å². The van der Waals surface area contributed by atoms with E-state index in [1.807, 2.05) is 0 Å². The average molecular weight is 226 g/mol. The molecule has 5 heteroatoms. The van der Waals surface area contributed by atoms with Gasteiger partial charge in [0.05, 0.1) is 0 Å². The molecule has 0 unspecified atom stereocenters. The van der Waals surface area contributed by atoms with Crippen molar-refractivity contribution in [1.82, 2.24) is 10.6 Å². The first-order chi connectivity index (χ1) is 7.62. The molecule has 5 nitrogen and oxygen atoms in total. The Morgan fingerprint density at radius 3 is 2.44 bits per heavy atom. The van der Waals surface area contributed by atoms with Gasteiger partial charge in [-0.05, 0) is 32.1 Å². The van der Waals surface area contributed by atoms with Gasteiger partial charge in [0, 0.05) is 19.0 Å². The normalized spacial score (nSPS) is 22.2. The van der Waals surface area contributed by atoms with E-state index in [0.29, 0.717) is 31.8 Å². The van der Waals surface area contributed by atoms with Gasteiger partial charge < -0.3 is 15.7 Å². The lowest BCUT2D eigenvalue weighted by atomic mass is 9.77. The number of nitrogens with one attached hydrogen (secondary N) is 2. The predicted octanol–water partition coefficient (Wildman–Crippen LogP) is 0.252. The molecule has 2 saturated carbocycles. The van der Waals surface area contributed by atoms with Crippen LogP contribution in [-0.4, -0.2) is 35.1 Å². The number of hydrogen-bond donors (Lipinski definition) is 3. The summed E-state index contributed by atoms with van der Waals surface area (Å²) < 4.78 is 0. The van der Waals surface area contributed by atoms with Crippen LogP contribution in [-0.2, 0) is 9.59 Å². The second kappa shape index (κ2) is 4.41. The van der Waals surface area contributed by atoms with E-state index in [-0.39, 0.29) is 5.91 Å². The van der Waals surface area contributed by atoms with E-state index in [1.54, 1.807) is 0 Å². The molecule has 2 fully saturated rings. The van der Waals surface area contributed by atoms with Crippen LogP contribution in [0.4, 0.5) is 0 Å². The molecule has 0 radical (unpaired) electrons. The minimum atomic E-state index is -0.790. The van der Waals surface area contributed by atoms with E-state index < -0.39 is 11.5 Å². The maximum Gasteiger partial charge on any atom is 0.323 e. The lowest BCUT2D eigenvalue weighted by Gasteiger charge is -2.38. The summed E-state index contributed by atoms with van der Waals surface area (Å²) in [6.07, 6.45) is 4.83. The van der Waals surface area contributed by atoms with Crippen molar-refractivity contribution in [3.8, 4) is 0 Å². The van der Waals surface area contributed by atoms with Crippen molar-refractivity contribution < 1.29 is 14.7 Å². The molecule has 0 aromatic rings. The minimum Gasteiger partial charge on any atom is -0.480 e. The molecule has 1 amide bonds. The molecule has 0 atom stereocenters. The number of carboxylic acids is 1. The van der Waals surface area contributed by atoms with E-state index in [4.69, 9.17) is 5.11 Å². The Hall–Kier alpha value is -1.10. The Bertz CT molecular complexity index is 296. The topological polar surface area (TPSA) is 78.4 Å². The monoisotopic (exact) mass is 226 g/mol. The number of rotatable bonds is 6. The van der Waals surface area contributed by atoms with E-state index in [0.717, 1.165) is 19.3 Å². The Morgan fingerprint density at radius 1 is 1.31 bits per heavy atom. The highest BCUT2D eigenvalue weighted by Gasteiger charge is 2.43. The summed E-state index contributed by atoms with van der Waals surface area (Å²) in [5, 5.41) is 14.9. The van der Waals surface area contributed by atoms with Crippen molar-refractivity contribution >= 4 is 11.9 Å². The van der Waals surface area contributed by atoms with E-state index >= 15 is 0 Å².